The van der Waals surface area contributed by atoms with Gasteiger partial charge in [-0.15, -0.1) is 0 Å². The number of carbonyl (C=O) groups is 1. The Balaban J connectivity index is 2.10. The number of hydrogen-bond donors (Lipinski definition) is 0. The zero-order valence-corrected chi connectivity index (χ0v) is 13.3. The minimum absolute atomic E-state index is 0.279. The van der Waals surface area contributed by atoms with Crippen molar-refractivity contribution in [3.8, 4) is 0 Å². The first-order valence-corrected chi connectivity index (χ1v) is 8.05. The van der Waals surface area contributed by atoms with Gasteiger partial charge in [-0.05, 0) is 37.0 Å². The Hall–Kier alpha value is -2.10. The normalized spacial score (nSPS) is 14.6. The van der Waals surface area contributed by atoms with Crippen molar-refractivity contribution in [1.82, 2.24) is 4.98 Å². The number of unbranched alkanes of at least 4 members (excludes halogenated alkanes) is 2. The van der Waals surface area contributed by atoms with E-state index in [2.05, 4.69) is 19.9 Å². The smallest absolute Gasteiger partial charge is 0.415 e. The van der Waals surface area contributed by atoms with Gasteiger partial charge in [0.05, 0.1) is 12.1 Å². The molecule has 116 valence electrons. The highest BCUT2D eigenvalue weighted by Gasteiger charge is 2.28. The van der Waals surface area contributed by atoms with E-state index in [1.165, 1.54) is 29.4 Å². The number of ether oxygens (including phenoxy) is 1. The Morgan fingerprint density at radius 1 is 1.27 bits per heavy atom. The van der Waals surface area contributed by atoms with Gasteiger partial charge in [0.2, 0.25) is 0 Å². The van der Waals surface area contributed by atoms with Crippen molar-refractivity contribution in [2.75, 3.05) is 18.1 Å². The summed E-state index contributed by atoms with van der Waals surface area (Å²) in [6, 6.07) is 8.13. The minimum Gasteiger partial charge on any atom is -0.447 e. The summed E-state index contributed by atoms with van der Waals surface area (Å²) in [4.78, 5) is 18.4. The maximum Gasteiger partial charge on any atom is 0.415 e. The summed E-state index contributed by atoms with van der Waals surface area (Å²) in [5.74, 6) is 0.787. The van der Waals surface area contributed by atoms with Gasteiger partial charge in [-0.1, -0.05) is 38.0 Å². The molecule has 1 aliphatic heterocycles. The first kappa shape index (κ1) is 14.8. The van der Waals surface area contributed by atoms with Gasteiger partial charge in [0, 0.05) is 5.39 Å². The highest BCUT2D eigenvalue weighted by atomic mass is 16.6. The number of carbonyl (C=O) groups excluding carboxylic acids is 1. The number of anilines is 1. The molecule has 0 bridgehead atoms. The topological polar surface area (TPSA) is 42.4 Å². The molecule has 3 rings (SSSR count). The number of nitrogens with zero attached hydrogens (tertiary/aromatic N) is 2. The van der Waals surface area contributed by atoms with Crippen LogP contribution in [0, 0.1) is 6.92 Å². The average Bonchev–Trinajstić information content (AvgIpc) is 2.95. The molecule has 0 aliphatic carbocycles. The lowest BCUT2D eigenvalue weighted by Gasteiger charge is -2.20. The molecule has 1 aromatic carbocycles. The Kier molecular flexibility index (Phi) is 4.27. The number of benzene rings is 1. The zero-order valence-electron chi connectivity index (χ0n) is 13.3. The van der Waals surface area contributed by atoms with E-state index in [1.54, 1.807) is 4.90 Å². The van der Waals surface area contributed by atoms with E-state index >= 15 is 0 Å². The summed E-state index contributed by atoms with van der Waals surface area (Å²) in [5.41, 5.74) is 3.36. The standard InChI is InChI=1S/C18H22N2O2/c1-3-4-5-9-15-13(2)14-8-6-7-10-16(14)19-17(15)20-11-12-22-18(20)21/h6-8,10H,3-5,9,11-12H2,1-2H3. The van der Waals surface area contributed by atoms with E-state index in [-0.39, 0.29) is 6.09 Å². The highest BCUT2D eigenvalue weighted by Crippen LogP contribution is 2.31. The summed E-state index contributed by atoms with van der Waals surface area (Å²) < 4.78 is 5.10. The Morgan fingerprint density at radius 3 is 2.82 bits per heavy atom. The number of para-hydroxylation sites is 1. The molecule has 0 radical (unpaired) electrons. The molecule has 0 N–H and O–H groups in total. The van der Waals surface area contributed by atoms with E-state index in [9.17, 15) is 4.79 Å². The van der Waals surface area contributed by atoms with Crippen LogP contribution in [0.1, 0.15) is 37.3 Å². The number of fused-ring (bicyclic) bond motifs is 1. The molecule has 4 heteroatoms. The second kappa shape index (κ2) is 6.34. The third-order valence-electron chi connectivity index (χ3n) is 4.30. The summed E-state index contributed by atoms with van der Waals surface area (Å²) in [6.07, 6.45) is 4.17. The molecule has 2 heterocycles. The van der Waals surface area contributed by atoms with Gasteiger partial charge < -0.3 is 4.74 Å². The number of hydrogen-bond acceptors (Lipinski definition) is 3. The van der Waals surface area contributed by atoms with Crippen molar-refractivity contribution in [2.24, 2.45) is 0 Å². The first-order valence-electron chi connectivity index (χ1n) is 8.05. The molecule has 1 aromatic heterocycles. The van der Waals surface area contributed by atoms with Crippen LogP contribution in [0.25, 0.3) is 10.9 Å². The minimum atomic E-state index is -0.279. The predicted octanol–water partition coefficient (Wildman–Crippen LogP) is 4.23. The van der Waals surface area contributed by atoms with Gasteiger partial charge in [0.25, 0.3) is 0 Å². The predicted molar refractivity (Wildman–Crippen MR) is 88.4 cm³/mol. The first-order chi connectivity index (χ1) is 10.7. The lowest BCUT2D eigenvalue weighted by molar-refractivity contribution is 0.181. The van der Waals surface area contributed by atoms with E-state index in [4.69, 9.17) is 9.72 Å². The van der Waals surface area contributed by atoms with E-state index < -0.39 is 0 Å². The molecule has 2 aromatic rings. The Morgan fingerprint density at radius 2 is 2.09 bits per heavy atom. The van der Waals surface area contributed by atoms with Crippen LogP contribution in [-0.4, -0.2) is 24.2 Å². The largest absolute Gasteiger partial charge is 0.447 e. The van der Waals surface area contributed by atoms with E-state index in [0.717, 1.165) is 24.2 Å². The monoisotopic (exact) mass is 298 g/mol. The van der Waals surface area contributed by atoms with E-state index in [1.807, 2.05) is 18.2 Å². The number of amides is 1. The number of aromatic nitrogens is 1. The van der Waals surface area contributed by atoms with Crippen molar-refractivity contribution in [1.29, 1.82) is 0 Å². The molecular weight excluding hydrogens is 276 g/mol. The molecule has 4 nitrogen and oxygen atoms in total. The molecule has 22 heavy (non-hydrogen) atoms. The highest BCUT2D eigenvalue weighted by molar-refractivity contribution is 5.93. The maximum atomic E-state index is 12.0. The Labute approximate surface area is 131 Å². The molecule has 1 amide bonds. The van der Waals surface area contributed by atoms with Crippen LogP contribution in [0.3, 0.4) is 0 Å². The maximum absolute atomic E-state index is 12.0. The lowest BCUT2D eigenvalue weighted by Crippen LogP contribution is -2.26. The molecule has 1 fully saturated rings. The SMILES string of the molecule is CCCCCc1c(N2CCOC2=O)nc2ccccc2c1C. The van der Waals surface area contributed by atoms with Gasteiger partial charge in [-0.25, -0.2) is 9.78 Å². The van der Waals surface area contributed by atoms with Crippen molar-refractivity contribution < 1.29 is 9.53 Å². The van der Waals surface area contributed by atoms with Crippen LogP contribution in [-0.2, 0) is 11.2 Å². The fraction of sp³-hybridized carbons (Fsp3) is 0.444. The molecule has 0 saturated carbocycles. The van der Waals surface area contributed by atoms with Gasteiger partial charge in [0.1, 0.15) is 12.4 Å². The third kappa shape index (κ3) is 2.65. The number of pyridine rings is 1. The number of rotatable bonds is 5. The molecule has 0 spiro atoms. The number of cyclic esters (lactones) is 1. The van der Waals surface area contributed by atoms with Gasteiger partial charge >= 0.3 is 6.09 Å². The lowest BCUT2D eigenvalue weighted by atomic mass is 9.98. The van der Waals surface area contributed by atoms with Crippen molar-refractivity contribution in [3.05, 3.63) is 35.4 Å². The molecule has 1 aliphatic rings. The van der Waals surface area contributed by atoms with E-state index in [0.29, 0.717) is 13.2 Å². The third-order valence-corrected chi connectivity index (χ3v) is 4.30. The van der Waals surface area contributed by atoms with Crippen molar-refractivity contribution >= 4 is 22.8 Å². The van der Waals surface area contributed by atoms with Crippen LogP contribution < -0.4 is 4.90 Å². The van der Waals surface area contributed by atoms with Gasteiger partial charge in [0.15, 0.2) is 0 Å². The fourth-order valence-electron chi connectivity index (χ4n) is 3.06. The quantitative estimate of drug-likeness (QED) is 0.776. The molecular formula is C18H22N2O2. The van der Waals surface area contributed by atoms with Gasteiger partial charge in [-0.2, -0.15) is 0 Å². The summed E-state index contributed by atoms with van der Waals surface area (Å²) in [7, 11) is 0. The summed E-state index contributed by atoms with van der Waals surface area (Å²) >= 11 is 0. The molecule has 0 unspecified atom stereocenters. The van der Waals surface area contributed by atoms with Crippen LogP contribution >= 0.6 is 0 Å². The fourth-order valence-corrected chi connectivity index (χ4v) is 3.06. The Bertz CT molecular complexity index is 697. The van der Waals surface area contributed by atoms with Crippen molar-refractivity contribution in [3.63, 3.8) is 0 Å². The second-order valence-corrected chi connectivity index (χ2v) is 5.78. The van der Waals surface area contributed by atoms with Gasteiger partial charge in [-0.3, -0.25) is 4.90 Å². The van der Waals surface area contributed by atoms with Crippen molar-refractivity contribution in [2.45, 2.75) is 39.5 Å². The molecule has 1 saturated heterocycles. The zero-order chi connectivity index (χ0) is 15.5. The number of aryl methyl sites for hydroxylation is 1. The van der Waals surface area contributed by atoms with Crippen LogP contribution in [0.15, 0.2) is 24.3 Å². The van der Waals surface area contributed by atoms with Crippen LogP contribution in [0.2, 0.25) is 0 Å². The van der Waals surface area contributed by atoms with Crippen LogP contribution in [0.4, 0.5) is 10.6 Å². The average molecular weight is 298 g/mol. The summed E-state index contributed by atoms with van der Waals surface area (Å²) in [6.45, 7) is 5.37. The van der Waals surface area contributed by atoms with Crippen LogP contribution in [0.5, 0.6) is 0 Å². The summed E-state index contributed by atoms with van der Waals surface area (Å²) in [5, 5.41) is 1.17. The second-order valence-electron chi connectivity index (χ2n) is 5.78. The molecule has 0 atom stereocenters.